The molecule has 0 aliphatic heterocycles. The summed E-state index contributed by atoms with van der Waals surface area (Å²) in [5.74, 6) is 2.48. The Morgan fingerprint density at radius 2 is 1.84 bits per heavy atom. The minimum atomic E-state index is -0.112. The van der Waals surface area contributed by atoms with Crippen molar-refractivity contribution in [2.24, 2.45) is 0 Å². The molecular weight excluding hydrogens is 404 g/mol. The molecule has 0 saturated heterocycles. The average Bonchev–Trinajstić information content (AvgIpc) is 3.20. The average molecular weight is 431 g/mol. The first-order valence-corrected chi connectivity index (χ1v) is 10.6. The molecule has 0 radical (unpaired) electrons. The normalized spacial score (nSPS) is 10.8. The van der Waals surface area contributed by atoms with Crippen LogP contribution in [0.1, 0.15) is 22.6 Å². The third-order valence-corrected chi connectivity index (χ3v) is 5.16. The molecule has 2 aromatic carbocycles. The lowest BCUT2D eigenvalue weighted by atomic mass is 10.2. The van der Waals surface area contributed by atoms with Crippen molar-refractivity contribution >= 4 is 16.9 Å². The summed E-state index contributed by atoms with van der Waals surface area (Å²) in [6.07, 6.45) is 4.76. The van der Waals surface area contributed by atoms with E-state index in [1.807, 2.05) is 42.5 Å². The summed E-state index contributed by atoms with van der Waals surface area (Å²) in [7, 11) is 1.64. The van der Waals surface area contributed by atoms with Gasteiger partial charge in [0.15, 0.2) is 0 Å². The zero-order valence-electron chi connectivity index (χ0n) is 18.0. The minimum Gasteiger partial charge on any atom is -0.497 e. The smallest absolute Gasteiger partial charge is 0.252 e. The van der Waals surface area contributed by atoms with Crippen molar-refractivity contribution in [3.8, 4) is 11.5 Å². The monoisotopic (exact) mass is 430 g/mol. The first kappa shape index (κ1) is 21.4. The van der Waals surface area contributed by atoms with Gasteiger partial charge in [-0.3, -0.25) is 9.78 Å². The van der Waals surface area contributed by atoms with E-state index in [4.69, 9.17) is 14.5 Å². The summed E-state index contributed by atoms with van der Waals surface area (Å²) in [5.41, 5.74) is 2.61. The summed E-state index contributed by atoms with van der Waals surface area (Å²) in [6.45, 7) is 1.78. The van der Waals surface area contributed by atoms with Crippen LogP contribution < -0.4 is 14.8 Å². The summed E-state index contributed by atoms with van der Waals surface area (Å²) < 4.78 is 13.3. The predicted molar refractivity (Wildman–Crippen MR) is 123 cm³/mol. The molecule has 2 heterocycles. The van der Waals surface area contributed by atoms with Crippen LogP contribution in [0.15, 0.2) is 73.1 Å². The van der Waals surface area contributed by atoms with Crippen molar-refractivity contribution in [3.63, 3.8) is 0 Å². The second-order valence-electron chi connectivity index (χ2n) is 7.29. The van der Waals surface area contributed by atoms with Gasteiger partial charge in [-0.1, -0.05) is 12.1 Å². The van der Waals surface area contributed by atoms with Crippen molar-refractivity contribution in [2.75, 3.05) is 20.3 Å². The maximum absolute atomic E-state index is 12.2. The van der Waals surface area contributed by atoms with E-state index in [1.165, 1.54) is 0 Å². The van der Waals surface area contributed by atoms with Gasteiger partial charge in [-0.15, -0.1) is 0 Å². The number of carbonyl (C=O) groups is 1. The maximum Gasteiger partial charge on any atom is 0.252 e. The number of benzene rings is 2. The molecule has 7 heteroatoms. The number of imidazole rings is 1. The quantitative estimate of drug-likeness (QED) is 0.386. The van der Waals surface area contributed by atoms with Crippen molar-refractivity contribution in [2.45, 2.75) is 19.4 Å². The fraction of sp³-hybridized carbons (Fsp3) is 0.240. The molecule has 0 spiro atoms. The summed E-state index contributed by atoms with van der Waals surface area (Å²) in [4.78, 5) is 21.0. The lowest BCUT2D eigenvalue weighted by Gasteiger charge is -2.11. The molecule has 4 aromatic rings. The molecule has 0 unspecified atom stereocenters. The third kappa shape index (κ3) is 5.24. The molecule has 1 amide bonds. The van der Waals surface area contributed by atoms with Crippen molar-refractivity contribution in [3.05, 3.63) is 84.4 Å². The van der Waals surface area contributed by atoms with Gasteiger partial charge in [0.1, 0.15) is 23.9 Å². The van der Waals surface area contributed by atoms with Gasteiger partial charge in [-0.05, 0) is 55.0 Å². The number of nitrogens with zero attached hydrogens (tertiary/aromatic N) is 3. The van der Waals surface area contributed by atoms with Crippen LogP contribution in [-0.2, 0) is 13.0 Å². The first-order valence-electron chi connectivity index (χ1n) is 10.6. The maximum atomic E-state index is 12.2. The summed E-state index contributed by atoms with van der Waals surface area (Å²) in [6, 6.07) is 19.2. The number of amides is 1. The number of methoxy groups -OCH3 is 1. The lowest BCUT2D eigenvalue weighted by molar-refractivity contribution is 0.0952. The van der Waals surface area contributed by atoms with Gasteiger partial charge in [0.2, 0.25) is 0 Å². The van der Waals surface area contributed by atoms with Gasteiger partial charge in [0.25, 0.3) is 5.91 Å². The number of hydrogen-bond acceptors (Lipinski definition) is 5. The Labute approximate surface area is 187 Å². The van der Waals surface area contributed by atoms with E-state index in [2.05, 4.69) is 20.9 Å². The van der Waals surface area contributed by atoms with Crippen molar-refractivity contribution in [1.29, 1.82) is 0 Å². The molecule has 0 fully saturated rings. The van der Waals surface area contributed by atoms with Crippen LogP contribution in [0.2, 0.25) is 0 Å². The van der Waals surface area contributed by atoms with Crippen LogP contribution in [0.4, 0.5) is 0 Å². The highest BCUT2D eigenvalue weighted by atomic mass is 16.5. The molecular formula is C25H26N4O3. The Morgan fingerprint density at radius 1 is 1.03 bits per heavy atom. The Hall–Kier alpha value is -3.87. The fourth-order valence-electron chi connectivity index (χ4n) is 3.54. The molecule has 0 saturated carbocycles. The van der Waals surface area contributed by atoms with Crippen LogP contribution >= 0.6 is 0 Å². The second kappa shape index (κ2) is 10.4. The number of aryl methyl sites for hydroxylation is 1. The topological polar surface area (TPSA) is 78.3 Å². The van der Waals surface area contributed by atoms with Crippen LogP contribution in [0.25, 0.3) is 11.0 Å². The number of nitrogens with one attached hydrogen (secondary N) is 1. The van der Waals surface area contributed by atoms with Crippen molar-refractivity contribution < 1.29 is 14.3 Å². The Morgan fingerprint density at radius 3 is 2.62 bits per heavy atom. The van der Waals surface area contributed by atoms with Gasteiger partial charge in [-0.25, -0.2) is 4.98 Å². The highest BCUT2D eigenvalue weighted by Gasteiger charge is 2.11. The van der Waals surface area contributed by atoms with E-state index in [0.717, 1.165) is 41.2 Å². The Bertz CT molecular complexity index is 1160. The molecule has 0 aliphatic rings. The van der Waals surface area contributed by atoms with E-state index in [9.17, 15) is 4.79 Å². The van der Waals surface area contributed by atoms with Gasteiger partial charge < -0.3 is 19.4 Å². The molecule has 0 aliphatic carbocycles. The number of hydrogen-bond donors (Lipinski definition) is 1. The van der Waals surface area contributed by atoms with Crippen LogP contribution in [0.3, 0.4) is 0 Å². The van der Waals surface area contributed by atoms with Gasteiger partial charge in [-0.2, -0.15) is 0 Å². The Kier molecular flexibility index (Phi) is 6.97. The standard InChI is InChI=1S/C25H26N4O3/c1-31-20-10-12-21(13-11-20)32-17-16-29-23-8-3-2-7-22(23)28-24(29)9-5-15-27-25(30)19-6-4-14-26-18-19/h2-4,6-8,10-14,18H,5,9,15-17H2,1H3,(H,27,30). The number of pyridine rings is 1. The van der Waals surface area contributed by atoms with E-state index >= 15 is 0 Å². The third-order valence-electron chi connectivity index (χ3n) is 5.16. The minimum absolute atomic E-state index is 0.112. The predicted octanol–water partition coefficient (Wildman–Crippen LogP) is 3.88. The fourth-order valence-corrected chi connectivity index (χ4v) is 3.54. The zero-order valence-corrected chi connectivity index (χ0v) is 18.0. The molecule has 0 atom stereocenters. The molecule has 164 valence electrons. The molecule has 0 bridgehead atoms. The SMILES string of the molecule is COc1ccc(OCCn2c(CCCNC(=O)c3cccnc3)nc3ccccc32)cc1. The van der Waals surface area contributed by atoms with E-state index in [0.29, 0.717) is 25.3 Å². The number of rotatable bonds is 10. The first-order chi connectivity index (χ1) is 15.7. The van der Waals surface area contributed by atoms with Crippen LogP contribution in [0.5, 0.6) is 11.5 Å². The highest BCUT2D eigenvalue weighted by molar-refractivity contribution is 5.93. The van der Waals surface area contributed by atoms with E-state index in [-0.39, 0.29) is 5.91 Å². The van der Waals surface area contributed by atoms with E-state index < -0.39 is 0 Å². The number of carbonyl (C=O) groups excluding carboxylic acids is 1. The molecule has 2 aromatic heterocycles. The summed E-state index contributed by atoms with van der Waals surface area (Å²) >= 11 is 0. The molecule has 7 nitrogen and oxygen atoms in total. The number of ether oxygens (including phenoxy) is 2. The van der Waals surface area contributed by atoms with Crippen LogP contribution in [-0.4, -0.2) is 40.7 Å². The highest BCUT2D eigenvalue weighted by Crippen LogP contribution is 2.19. The largest absolute Gasteiger partial charge is 0.497 e. The zero-order chi connectivity index (χ0) is 22.2. The number of fused-ring (bicyclic) bond motifs is 1. The van der Waals surface area contributed by atoms with Crippen LogP contribution in [0, 0.1) is 0 Å². The number of para-hydroxylation sites is 2. The number of aromatic nitrogens is 3. The van der Waals surface area contributed by atoms with Gasteiger partial charge in [0.05, 0.1) is 30.3 Å². The molecule has 4 rings (SSSR count). The second-order valence-corrected chi connectivity index (χ2v) is 7.29. The summed E-state index contributed by atoms with van der Waals surface area (Å²) in [5, 5.41) is 2.95. The van der Waals surface area contributed by atoms with Crippen molar-refractivity contribution in [1.82, 2.24) is 19.9 Å². The lowest BCUT2D eigenvalue weighted by Crippen LogP contribution is -2.25. The molecule has 32 heavy (non-hydrogen) atoms. The Balaban J connectivity index is 1.35. The van der Waals surface area contributed by atoms with Gasteiger partial charge >= 0.3 is 0 Å². The van der Waals surface area contributed by atoms with E-state index in [1.54, 1.807) is 31.6 Å². The van der Waals surface area contributed by atoms with Gasteiger partial charge in [0, 0.05) is 25.4 Å². The molecule has 1 N–H and O–H groups in total.